The molecule has 0 amide bonds. The largest absolute Gasteiger partial charge is 0.468 e. The fourth-order valence-electron chi connectivity index (χ4n) is 4.94. The number of benzene rings is 1. The Balaban J connectivity index is 1.79. The number of pyridine rings is 1. The van der Waals surface area contributed by atoms with Crippen LogP contribution in [0.2, 0.25) is 0 Å². The van der Waals surface area contributed by atoms with Gasteiger partial charge in [-0.1, -0.05) is 19.1 Å². The zero-order chi connectivity index (χ0) is 20.0. The van der Waals surface area contributed by atoms with Crippen LogP contribution in [0.3, 0.4) is 0 Å². The van der Waals surface area contributed by atoms with Crippen molar-refractivity contribution in [1.29, 1.82) is 0 Å². The summed E-state index contributed by atoms with van der Waals surface area (Å²) >= 11 is 0. The molecule has 7 heteroatoms. The minimum atomic E-state index is -0.526. The van der Waals surface area contributed by atoms with Gasteiger partial charge in [-0.3, -0.25) is 14.5 Å². The lowest BCUT2D eigenvalue weighted by Gasteiger charge is -2.28. The third-order valence-corrected chi connectivity index (χ3v) is 6.13. The minimum absolute atomic E-state index is 0.0653. The number of rotatable bonds is 4. The quantitative estimate of drug-likeness (QED) is 0.812. The van der Waals surface area contributed by atoms with Gasteiger partial charge in [0.15, 0.2) is 0 Å². The van der Waals surface area contributed by atoms with E-state index in [9.17, 15) is 19.1 Å². The van der Waals surface area contributed by atoms with Crippen LogP contribution in [0.5, 0.6) is 0 Å². The van der Waals surface area contributed by atoms with Crippen LogP contribution in [0, 0.1) is 17.7 Å². The monoisotopic (exact) mass is 386 g/mol. The molecule has 3 heterocycles. The van der Waals surface area contributed by atoms with Crippen molar-refractivity contribution in [3.05, 3.63) is 58.3 Å². The average Bonchev–Trinajstić information content (AvgIpc) is 3.22. The van der Waals surface area contributed by atoms with Crippen molar-refractivity contribution in [2.24, 2.45) is 11.8 Å². The number of fused-ring (bicyclic) bond motifs is 3. The Morgan fingerprint density at radius 2 is 2.11 bits per heavy atom. The number of carbonyl (C=O) groups is 1. The molecular weight excluding hydrogens is 363 g/mol. The first-order chi connectivity index (χ1) is 13.5. The van der Waals surface area contributed by atoms with Crippen molar-refractivity contribution in [3.8, 4) is 11.1 Å². The molecule has 2 aliphatic rings. The number of halogens is 1. The molecular formula is C21H23FN2O4. The maximum atomic E-state index is 13.6. The summed E-state index contributed by atoms with van der Waals surface area (Å²) < 4.78 is 20.3. The lowest BCUT2D eigenvalue weighted by atomic mass is 9.88. The van der Waals surface area contributed by atoms with Crippen LogP contribution in [0.1, 0.15) is 18.7 Å². The average molecular weight is 386 g/mol. The fourth-order valence-corrected chi connectivity index (χ4v) is 4.94. The summed E-state index contributed by atoms with van der Waals surface area (Å²) in [4.78, 5) is 27.5. The van der Waals surface area contributed by atoms with E-state index in [4.69, 9.17) is 4.74 Å². The predicted octanol–water partition coefficient (Wildman–Crippen LogP) is 1.81. The summed E-state index contributed by atoms with van der Waals surface area (Å²) in [6, 6.07) is 8.92. The third-order valence-electron chi connectivity index (χ3n) is 6.13. The highest BCUT2D eigenvalue weighted by Gasteiger charge is 2.55. The number of hydrogen-bond acceptors (Lipinski definition) is 5. The van der Waals surface area contributed by atoms with Gasteiger partial charge in [-0.15, -0.1) is 0 Å². The van der Waals surface area contributed by atoms with E-state index < -0.39 is 11.9 Å². The standard InChI is InChI=1S/C21H23FN2O4/c1-3-23-18-15(16(11-25)19(23)21(27)28-2)10-24-17(18)8-7-14(20(24)26)12-5-4-6-13(22)9-12/h4-9,15-16,18-19,25H,3,10-11H2,1-2H3/t15-,16-,18+,19-/m0/s1. The number of likely N-dealkylation sites (N-methyl/N-ethyl adjacent to an activating group) is 1. The second kappa shape index (κ2) is 7.14. The fraction of sp³-hybridized carbons (Fsp3) is 0.429. The van der Waals surface area contributed by atoms with Crippen LogP contribution in [-0.2, 0) is 16.1 Å². The number of aliphatic hydroxyl groups excluding tert-OH is 1. The highest BCUT2D eigenvalue weighted by molar-refractivity contribution is 5.77. The van der Waals surface area contributed by atoms with Crippen molar-refractivity contribution >= 4 is 5.97 Å². The topological polar surface area (TPSA) is 71.8 Å². The molecule has 148 valence electrons. The van der Waals surface area contributed by atoms with E-state index in [0.29, 0.717) is 24.2 Å². The van der Waals surface area contributed by atoms with Gasteiger partial charge in [0, 0.05) is 36.2 Å². The predicted molar refractivity (Wildman–Crippen MR) is 101 cm³/mol. The number of aliphatic hydroxyl groups is 1. The van der Waals surface area contributed by atoms with Gasteiger partial charge in [0.1, 0.15) is 11.9 Å². The maximum Gasteiger partial charge on any atom is 0.323 e. The Morgan fingerprint density at radius 3 is 2.75 bits per heavy atom. The van der Waals surface area contributed by atoms with Crippen LogP contribution in [0.15, 0.2) is 41.2 Å². The number of ether oxygens (including phenoxy) is 1. The summed E-state index contributed by atoms with van der Waals surface area (Å²) in [7, 11) is 1.35. The molecule has 4 atom stereocenters. The van der Waals surface area contributed by atoms with Gasteiger partial charge in [-0.25, -0.2) is 4.39 Å². The Hall–Kier alpha value is -2.51. The smallest absolute Gasteiger partial charge is 0.323 e. The number of methoxy groups -OCH3 is 1. The van der Waals surface area contributed by atoms with Crippen LogP contribution >= 0.6 is 0 Å². The van der Waals surface area contributed by atoms with Crippen LogP contribution in [0.4, 0.5) is 4.39 Å². The number of carbonyl (C=O) groups excluding carboxylic acids is 1. The van der Waals surface area contributed by atoms with Gasteiger partial charge in [0.05, 0.1) is 13.2 Å². The Morgan fingerprint density at radius 1 is 1.32 bits per heavy atom. The van der Waals surface area contributed by atoms with Gasteiger partial charge < -0.3 is 14.4 Å². The van der Waals surface area contributed by atoms with Crippen molar-refractivity contribution in [1.82, 2.24) is 9.47 Å². The lowest BCUT2D eigenvalue weighted by Crippen LogP contribution is -2.43. The normalized spacial score (nSPS) is 26.1. The van der Waals surface area contributed by atoms with E-state index in [-0.39, 0.29) is 36.0 Å². The molecule has 0 aliphatic carbocycles. The summed E-state index contributed by atoms with van der Waals surface area (Å²) in [5.74, 6) is -1.13. The van der Waals surface area contributed by atoms with E-state index in [1.54, 1.807) is 22.8 Å². The van der Waals surface area contributed by atoms with Crippen LogP contribution in [0.25, 0.3) is 11.1 Å². The summed E-state index contributed by atoms with van der Waals surface area (Å²) in [6.07, 6.45) is 0. The van der Waals surface area contributed by atoms with Crippen LogP contribution in [-0.4, -0.2) is 46.8 Å². The van der Waals surface area contributed by atoms with Gasteiger partial charge in [0.2, 0.25) is 0 Å². The first kappa shape index (κ1) is 18.8. The molecule has 0 saturated carbocycles. The Bertz CT molecular complexity index is 973. The molecule has 28 heavy (non-hydrogen) atoms. The molecule has 4 rings (SSSR count). The van der Waals surface area contributed by atoms with Gasteiger partial charge >= 0.3 is 5.97 Å². The van der Waals surface area contributed by atoms with Gasteiger partial charge in [0.25, 0.3) is 5.56 Å². The molecule has 6 nitrogen and oxygen atoms in total. The number of likely N-dealkylation sites (tertiary alicyclic amines) is 1. The zero-order valence-electron chi connectivity index (χ0n) is 15.8. The zero-order valence-corrected chi connectivity index (χ0v) is 15.8. The van der Waals surface area contributed by atoms with Gasteiger partial charge in [-0.05, 0) is 36.4 Å². The summed E-state index contributed by atoms with van der Waals surface area (Å²) in [6.45, 7) is 2.81. The molecule has 1 aromatic heterocycles. The third kappa shape index (κ3) is 2.69. The SMILES string of the molecule is CCN1[C@H](C(=O)OC)[C@@H](CO)[C@@H]2Cn3c(ccc(-c4cccc(F)c4)c3=O)[C@@H]21. The highest BCUT2D eigenvalue weighted by Crippen LogP contribution is 2.49. The van der Waals surface area contributed by atoms with Crippen molar-refractivity contribution < 1.29 is 19.0 Å². The Labute approximate surface area is 162 Å². The highest BCUT2D eigenvalue weighted by atomic mass is 19.1. The first-order valence-electron chi connectivity index (χ1n) is 9.45. The molecule has 0 radical (unpaired) electrons. The van der Waals surface area contributed by atoms with Crippen LogP contribution < -0.4 is 5.56 Å². The lowest BCUT2D eigenvalue weighted by molar-refractivity contribution is -0.148. The first-order valence-corrected chi connectivity index (χ1v) is 9.45. The van der Waals surface area contributed by atoms with Crippen molar-refractivity contribution in [2.75, 3.05) is 20.3 Å². The molecule has 0 unspecified atom stereocenters. The molecule has 2 aliphatic heterocycles. The van der Waals surface area contributed by atoms with Crippen molar-refractivity contribution in [2.45, 2.75) is 25.6 Å². The molecule has 1 N–H and O–H groups in total. The molecule has 1 saturated heterocycles. The van der Waals surface area contributed by atoms with Crippen molar-refractivity contribution in [3.63, 3.8) is 0 Å². The molecule has 0 bridgehead atoms. The number of esters is 1. The van der Waals surface area contributed by atoms with E-state index in [2.05, 4.69) is 0 Å². The summed E-state index contributed by atoms with van der Waals surface area (Å²) in [5.41, 5.74) is 1.62. The van der Waals surface area contributed by atoms with Gasteiger partial charge in [-0.2, -0.15) is 0 Å². The molecule has 1 aromatic carbocycles. The van der Waals surface area contributed by atoms with E-state index in [0.717, 1.165) is 5.69 Å². The number of aromatic nitrogens is 1. The molecule has 0 spiro atoms. The minimum Gasteiger partial charge on any atom is -0.468 e. The second-order valence-electron chi connectivity index (χ2n) is 7.35. The summed E-state index contributed by atoms with van der Waals surface area (Å²) in [5, 5.41) is 9.99. The number of nitrogens with zero attached hydrogens (tertiary/aromatic N) is 2. The molecule has 2 aromatic rings. The van der Waals surface area contributed by atoms with E-state index in [1.807, 2.05) is 17.9 Å². The van der Waals surface area contributed by atoms with E-state index in [1.165, 1.54) is 19.2 Å². The van der Waals surface area contributed by atoms with E-state index >= 15 is 0 Å². The maximum absolute atomic E-state index is 13.6. The molecule has 1 fully saturated rings. The number of hydrogen-bond donors (Lipinski definition) is 1. The second-order valence-corrected chi connectivity index (χ2v) is 7.35. The Kier molecular flexibility index (Phi) is 4.81.